The molecule has 2 aromatic carbocycles. The Kier molecular flexibility index (Phi) is 4.63. The van der Waals surface area contributed by atoms with Crippen molar-refractivity contribution in [2.75, 3.05) is 0 Å². The van der Waals surface area contributed by atoms with Crippen molar-refractivity contribution in [1.29, 1.82) is 0 Å². The molecular weight excluding hydrogens is 291 g/mol. The molecule has 0 aliphatic rings. The van der Waals surface area contributed by atoms with Crippen molar-refractivity contribution in [3.05, 3.63) is 63.9 Å². The highest BCUT2D eigenvalue weighted by molar-refractivity contribution is 6.32. The van der Waals surface area contributed by atoms with Crippen LogP contribution in [0.1, 0.15) is 28.4 Å². The highest BCUT2D eigenvalue weighted by Crippen LogP contribution is 2.26. The van der Waals surface area contributed by atoms with Gasteiger partial charge in [-0.2, -0.15) is 0 Å². The van der Waals surface area contributed by atoms with E-state index in [0.29, 0.717) is 11.3 Å². The summed E-state index contributed by atoms with van der Waals surface area (Å²) >= 11 is 5.89. The third-order valence-electron chi connectivity index (χ3n) is 3.36. The molecule has 0 aromatic heterocycles. The summed E-state index contributed by atoms with van der Waals surface area (Å²) in [5, 5.41) is 0.148. The smallest absolute Gasteiger partial charge is 0.203 e. The van der Waals surface area contributed by atoms with E-state index < -0.39 is 11.9 Å². The van der Waals surface area contributed by atoms with Crippen LogP contribution in [0.15, 0.2) is 36.4 Å². The van der Waals surface area contributed by atoms with Gasteiger partial charge < -0.3 is 4.74 Å². The minimum Gasteiger partial charge on any atom is -0.481 e. The van der Waals surface area contributed by atoms with E-state index in [1.54, 1.807) is 13.0 Å². The number of ketones is 1. The largest absolute Gasteiger partial charge is 0.481 e. The zero-order chi connectivity index (χ0) is 15.6. The Labute approximate surface area is 128 Å². The molecule has 4 heteroatoms. The van der Waals surface area contributed by atoms with E-state index in [1.807, 2.05) is 26.0 Å². The first-order chi connectivity index (χ1) is 9.88. The maximum atomic E-state index is 13.0. The van der Waals surface area contributed by atoms with Gasteiger partial charge in [-0.15, -0.1) is 0 Å². The van der Waals surface area contributed by atoms with Crippen LogP contribution in [0.4, 0.5) is 4.39 Å². The van der Waals surface area contributed by atoms with E-state index in [4.69, 9.17) is 16.3 Å². The van der Waals surface area contributed by atoms with Gasteiger partial charge in [-0.3, -0.25) is 4.79 Å². The fourth-order valence-electron chi connectivity index (χ4n) is 1.94. The van der Waals surface area contributed by atoms with Crippen LogP contribution < -0.4 is 4.74 Å². The summed E-state index contributed by atoms with van der Waals surface area (Å²) in [4.78, 5) is 12.3. The van der Waals surface area contributed by atoms with Gasteiger partial charge in [0, 0.05) is 5.56 Å². The molecule has 0 amide bonds. The molecule has 2 nitrogen and oxygen atoms in total. The Morgan fingerprint density at radius 2 is 1.86 bits per heavy atom. The third kappa shape index (κ3) is 3.61. The van der Waals surface area contributed by atoms with Gasteiger partial charge in [-0.1, -0.05) is 23.7 Å². The lowest BCUT2D eigenvalue weighted by molar-refractivity contribution is 0.0818. The van der Waals surface area contributed by atoms with Crippen LogP contribution in [-0.4, -0.2) is 11.9 Å². The third-order valence-corrected chi connectivity index (χ3v) is 3.65. The summed E-state index contributed by atoms with van der Waals surface area (Å²) in [7, 11) is 0. The number of carbonyl (C=O) groups excluding carboxylic acids is 1. The van der Waals surface area contributed by atoms with Gasteiger partial charge in [0.1, 0.15) is 11.6 Å². The first kappa shape index (κ1) is 15.5. The number of rotatable bonds is 4. The van der Waals surface area contributed by atoms with Crippen LogP contribution in [0.2, 0.25) is 5.02 Å². The molecular formula is C17H16ClFO2. The fourth-order valence-corrected chi connectivity index (χ4v) is 2.16. The van der Waals surface area contributed by atoms with Crippen LogP contribution in [-0.2, 0) is 0 Å². The van der Waals surface area contributed by atoms with Gasteiger partial charge in [0.25, 0.3) is 0 Å². The Balaban J connectivity index is 2.17. The number of ether oxygens (including phenoxy) is 1. The molecule has 110 valence electrons. The van der Waals surface area contributed by atoms with Crippen LogP contribution in [0.25, 0.3) is 0 Å². The summed E-state index contributed by atoms with van der Waals surface area (Å²) in [6.45, 7) is 5.59. The van der Waals surface area contributed by atoms with Crippen LogP contribution in [0.3, 0.4) is 0 Å². The molecule has 0 heterocycles. The maximum absolute atomic E-state index is 13.0. The van der Waals surface area contributed by atoms with E-state index >= 15 is 0 Å². The van der Waals surface area contributed by atoms with Crippen molar-refractivity contribution in [3.63, 3.8) is 0 Å². The van der Waals surface area contributed by atoms with E-state index in [2.05, 4.69) is 0 Å². The first-order valence-corrected chi connectivity index (χ1v) is 6.99. The van der Waals surface area contributed by atoms with Crippen molar-refractivity contribution < 1.29 is 13.9 Å². The number of carbonyl (C=O) groups is 1. The molecule has 1 unspecified atom stereocenters. The molecule has 0 spiro atoms. The quantitative estimate of drug-likeness (QED) is 0.762. The summed E-state index contributed by atoms with van der Waals surface area (Å²) in [6, 6.07) is 9.33. The topological polar surface area (TPSA) is 26.3 Å². The van der Waals surface area contributed by atoms with Gasteiger partial charge in [-0.25, -0.2) is 4.39 Å². The van der Waals surface area contributed by atoms with Crippen molar-refractivity contribution >= 4 is 17.4 Å². The molecule has 0 aliphatic carbocycles. The Morgan fingerprint density at radius 1 is 1.14 bits per heavy atom. The molecule has 2 rings (SSSR count). The normalized spacial score (nSPS) is 12.0. The molecule has 0 radical (unpaired) electrons. The standard InChI is InChI=1S/C17H16ClFO2/c1-10-4-5-13(8-11(10)2)17(20)12(3)21-16-7-6-14(19)9-15(16)18/h4-9,12H,1-3H3. The predicted octanol–water partition coefficient (Wildman–Crippen LogP) is 4.75. The van der Waals surface area contributed by atoms with E-state index in [-0.39, 0.29) is 10.8 Å². The summed E-state index contributed by atoms with van der Waals surface area (Å²) in [6.07, 6.45) is -0.699. The number of hydrogen-bond donors (Lipinski definition) is 0. The van der Waals surface area contributed by atoms with Gasteiger partial charge in [0.05, 0.1) is 5.02 Å². The monoisotopic (exact) mass is 306 g/mol. The van der Waals surface area contributed by atoms with Gasteiger partial charge in [-0.05, 0) is 56.2 Å². The van der Waals surface area contributed by atoms with Gasteiger partial charge >= 0.3 is 0 Å². The van der Waals surface area contributed by atoms with Crippen LogP contribution >= 0.6 is 11.6 Å². The van der Waals surface area contributed by atoms with E-state index in [1.165, 1.54) is 12.1 Å². The molecule has 0 fully saturated rings. The zero-order valence-electron chi connectivity index (χ0n) is 12.1. The van der Waals surface area contributed by atoms with Crippen LogP contribution in [0.5, 0.6) is 5.75 Å². The highest BCUT2D eigenvalue weighted by atomic mass is 35.5. The number of aryl methyl sites for hydroxylation is 2. The number of halogens is 2. The van der Waals surface area contributed by atoms with Crippen molar-refractivity contribution in [2.24, 2.45) is 0 Å². The molecule has 0 aliphatic heterocycles. The Morgan fingerprint density at radius 3 is 2.48 bits per heavy atom. The number of hydrogen-bond acceptors (Lipinski definition) is 2. The Bertz CT molecular complexity index is 682. The molecule has 2 aromatic rings. The van der Waals surface area contributed by atoms with Crippen molar-refractivity contribution in [2.45, 2.75) is 26.9 Å². The average Bonchev–Trinajstić information content (AvgIpc) is 2.44. The molecule has 0 saturated carbocycles. The van der Waals surface area contributed by atoms with Crippen molar-refractivity contribution in [3.8, 4) is 5.75 Å². The zero-order valence-corrected chi connectivity index (χ0v) is 12.9. The second-order valence-electron chi connectivity index (χ2n) is 5.00. The predicted molar refractivity (Wildman–Crippen MR) is 81.7 cm³/mol. The van der Waals surface area contributed by atoms with E-state index in [9.17, 15) is 9.18 Å². The second-order valence-corrected chi connectivity index (χ2v) is 5.41. The van der Waals surface area contributed by atoms with Gasteiger partial charge in [0.15, 0.2) is 6.10 Å². The SMILES string of the molecule is Cc1ccc(C(=O)C(C)Oc2ccc(F)cc2Cl)cc1C. The maximum Gasteiger partial charge on any atom is 0.203 e. The number of Topliss-reactive ketones (excluding diaryl/α,β-unsaturated/α-hetero) is 1. The minimum atomic E-state index is -0.699. The lowest BCUT2D eigenvalue weighted by Crippen LogP contribution is -2.24. The fraction of sp³-hybridized carbons (Fsp3) is 0.235. The number of benzene rings is 2. The summed E-state index contributed by atoms with van der Waals surface area (Å²) < 4.78 is 18.5. The average molecular weight is 307 g/mol. The Hall–Kier alpha value is -1.87. The summed E-state index contributed by atoms with van der Waals surface area (Å²) in [5.41, 5.74) is 2.76. The van der Waals surface area contributed by atoms with Crippen molar-refractivity contribution in [1.82, 2.24) is 0 Å². The lowest BCUT2D eigenvalue weighted by atomic mass is 10.0. The van der Waals surface area contributed by atoms with Crippen LogP contribution in [0, 0.1) is 19.7 Å². The molecule has 1 atom stereocenters. The summed E-state index contributed by atoms with van der Waals surface area (Å²) in [5.74, 6) is -0.290. The molecule has 0 saturated heterocycles. The lowest BCUT2D eigenvalue weighted by Gasteiger charge is -2.15. The molecule has 0 N–H and O–H groups in total. The first-order valence-electron chi connectivity index (χ1n) is 6.61. The minimum absolute atomic E-state index is 0.140. The second kappa shape index (κ2) is 6.27. The van der Waals surface area contributed by atoms with E-state index in [0.717, 1.165) is 17.2 Å². The molecule has 0 bridgehead atoms. The molecule has 21 heavy (non-hydrogen) atoms. The highest BCUT2D eigenvalue weighted by Gasteiger charge is 2.18. The van der Waals surface area contributed by atoms with Gasteiger partial charge in [0.2, 0.25) is 5.78 Å².